The zero-order valence-corrected chi connectivity index (χ0v) is 18.3. The lowest BCUT2D eigenvalue weighted by molar-refractivity contribution is 0.164. The summed E-state index contributed by atoms with van der Waals surface area (Å²) in [7, 11) is -3.86. The van der Waals surface area contributed by atoms with E-state index in [4.69, 9.17) is 0 Å². The molecule has 6 nitrogen and oxygen atoms in total. The summed E-state index contributed by atoms with van der Waals surface area (Å²) in [6.07, 6.45) is 0.734. The van der Waals surface area contributed by atoms with E-state index in [1.807, 2.05) is 60.9 Å². The number of fused-ring (bicyclic) bond motifs is 1. The van der Waals surface area contributed by atoms with Crippen molar-refractivity contribution in [3.05, 3.63) is 90.3 Å². The molecule has 4 rings (SSSR count). The zero-order valence-electron chi connectivity index (χ0n) is 17.5. The number of aromatic nitrogens is 2. The molecule has 0 aliphatic heterocycles. The second-order valence-corrected chi connectivity index (χ2v) is 9.59. The first-order valence-corrected chi connectivity index (χ1v) is 11.5. The second-order valence-electron chi connectivity index (χ2n) is 7.73. The van der Waals surface area contributed by atoms with E-state index in [-0.39, 0.29) is 18.0 Å². The number of imidazole rings is 1. The van der Waals surface area contributed by atoms with Crippen LogP contribution in [-0.2, 0) is 16.6 Å². The molecule has 0 saturated carbocycles. The van der Waals surface area contributed by atoms with Gasteiger partial charge < -0.3 is 9.67 Å². The summed E-state index contributed by atoms with van der Waals surface area (Å²) < 4.78 is 30.1. The van der Waals surface area contributed by atoms with Gasteiger partial charge >= 0.3 is 0 Å². The summed E-state index contributed by atoms with van der Waals surface area (Å²) in [6.45, 7) is 3.97. The van der Waals surface area contributed by atoms with E-state index in [9.17, 15) is 13.5 Å². The Morgan fingerprint density at radius 1 is 0.968 bits per heavy atom. The Morgan fingerprint density at radius 2 is 1.71 bits per heavy atom. The third-order valence-electron chi connectivity index (χ3n) is 5.21. The summed E-state index contributed by atoms with van der Waals surface area (Å²) in [6, 6.07) is 21.7. The number of aliphatic hydroxyl groups is 1. The van der Waals surface area contributed by atoms with Crippen molar-refractivity contribution >= 4 is 26.7 Å². The maximum Gasteiger partial charge on any atom is 0.264 e. The van der Waals surface area contributed by atoms with Gasteiger partial charge in [-0.1, -0.05) is 42.0 Å². The van der Waals surface area contributed by atoms with Crippen LogP contribution >= 0.6 is 0 Å². The lowest BCUT2D eigenvalue weighted by Crippen LogP contribution is -2.39. The Balaban J connectivity index is 1.66. The molecular formula is C24H25N3O3S. The number of sulfonamides is 1. The minimum Gasteiger partial charge on any atom is -0.389 e. The Kier molecular flexibility index (Phi) is 5.80. The molecule has 1 N–H and O–H groups in total. The summed E-state index contributed by atoms with van der Waals surface area (Å²) in [5.74, 6) is 0. The van der Waals surface area contributed by atoms with Crippen LogP contribution < -0.4 is 4.31 Å². The Hall–Kier alpha value is -3.16. The van der Waals surface area contributed by atoms with Gasteiger partial charge in [0.25, 0.3) is 10.0 Å². The highest BCUT2D eigenvalue weighted by Crippen LogP contribution is 2.25. The molecule has 0 spiro atoms. The van der Waals surface area contributed by atoms with Crippen molar-refractivity contribution in [1.82, 2.24) is 9.55 Å². The Labute approximate surface area is 182 Å². The maximum absolute atomic E-state index is 13.5. The number of aliphatic hydroxyl groups excluding tert-OH is 1. The van der Waals surface area contributed by atoms with Crippen molar-refractivity contribution in [3.63, 3.8) is 0 Å². The largest absolute Gasteiger partial charge is 0.389 e. The van der Waals surface area contributed by atoms with Gasteiger partial charge in [0.2, 0.25) is 0 Å². The molecule has 31 heavy (non-hydrogen) atoms. The van der Waals surface area contributed by atoms with Crippen molar-refractivity contribution in [2.24, 2.45) is 0 Å². The number of rotatable bonds is 7. The first-order chi connectivity index (χ1) is 14.8. The molecule has 0 fully saturated rings. The number of hydrogen-bond acceptors (Lipinski definition) is 4. The molecule has 0 bridgehead atoms. The van der Waals surface area contributed by atoms with Gasteiger partial charge in [-0.3, -0.25) is 4.31 Å². The van der Waals surface area contributed by atoms with Crippen LogP contribution in [0.1, 0.15) is 11.1 Å². The van der Waals surface area contributed by atoms with Gasteiger partial charge in [0, 0.05) is 0 Å². The minimum absolute atomic E-state index is 0.0772. The molecule has 0 aliphatic rings. The van der Waals surface area contributed by atoms with Crippen LogP contribution in [0.25, 0.3) is 11.0 Å². The number of anilines is 1. The van der Waals surface area contributed by atoms with Crippen molar-refractivity contribution < 1.29 is 13.5 Å². The van der Waals surface area contributed by atoms with Crippen molar-refractivity contribution in [1.29, 1.82) is 0 Å². The second kappa shape index (κ2) is 8.53. The average molecular weight is 436 g/mol. The fourth-order valence-electron chi connectivity index (χ4n) is 3.59. The quantitative estimate of drug-likeness (QED) is 0.478. The smallest absolute Gasteiger partial charge is 0.264 e. The third kappa shape index (κ3) is 4.47. The van der Waals surface area contributed by atoms with Crippen molar-refractivity contribution in [2.45, 2.75) is 31.4 Å². The van der Waals surface area contributed by atoms with Gasteiger partial charge in [-0.25, -0.2) is 13.4 Å². The standard InChI is InChI=1S/C24H25N3O3S/c1-18-10-12-22(13-11-18)31(29,30)27(20-7-5-6-19(2)14-20)16-21(28)15-26-17-25-23-8-3-4-9-24(23)26/h3-14,17,21,28H,15-16H2,1-2H3/t21-/m1/s1. The Morgan fingerprint density at radius 3 is 2.45 bits per heavy atom. The molecule has 1 atom stereocenters. The molecule has 0 amide bonds. The predicted octanol–water partition coefficient (Wildman–Crippen LogP) is 3.91. The lowest BCUT2D eigenvalue weighted by atomic mass is 10.2. The molecule has 0 unspecified atom stereocenters. The highest BCUT2D eigenvalue weighted by molar-refractivity contribution is 7.92. The third-order valence-corrected chi connectivity index (χ3v) is 7.02. The molecule has 1 heterocycles. The number of para-hydroxylation sites is 2. The maximum atomic E-state index is 13.5. The minimum atomic E-state index is -3.86. The normalized spacial score (nSPS) is 12.7. The lowest BCUT2D eigenvalue weighted by Gasteiger charge is -2.27. The first kappa shape index (κ1) is 21.1. The average Bonchev–Trinajstić information content (AvgIpc) is 3.15. The summed E-state index contributed by atoms with van der Waals surface area (Å²) in [5.41, 5.74) is 4.17. The van der Waals surface area contributed by atoms with Crippen LogP contribution in [0.4, 0.5) is 5.69 Å². The molecule has 0 saturated heterocycles. The van der Waals surface area contributed by atoms with Gasteiger partial charge in [0.1, 0.15) is 0 Å². The summed E-state index contributed by atoms with van der Waals surface area (Å²) >= 11 is 0. The molecule has 7 heteroatoms. The molecule has 3 aromatic carbocycles. The van der Waals surface area contributed by atoms with Gasteiger partial charge in [0.15, 0.2) is 0 Å². The molecule has 160 valence electrons. The van der Waals surface area contributed by atoms with E-state index >= 15 is 0 Å². The van der Waals surface area contributed by atoms with E-state index < -0.39 is 16.1 Å². The summed E-state index contributed by atoms with van der Waals surface area (Å²) in [4.78, 5) is 4.54. The van der Waals surface area contributed by atoms with E-state index in [1.165, 1.54) is 4.31 Å². The van der Waals surface area contributed by atoms with Crippen LogP contribution in [0.15, 0.2) is 84.0 Å². The van der Waals surface area contributed by atoms with Crippen LogP contribution in [0.3, 0.4) is 0 Å². The van der Waals surface area contributed by atoms with Crippen molar-refractivity contribution in [2.75, 3.05) is 10.8 Å². The first-order valence-electron chi connectivity index (χ1n) is 10.1. The topological polar surface area (TPSA) is 75.4 Å². The monoisotopic (exact) mass is 435 g/mol. The van der Waals surface area contributed by atoms with Gasteiger partial charge in [-0.15, -0.1) is 0 Å². The summed E-state index contributed by atoms with van der Waals surface area (Å²) in [5, 5.41) is 10.9. The van der Waals surface area contributed by atoms with Crippen LogP contribution in [-0.4, -0.2) is 35.7 Å². The van der Waals surface area contributed by atoms with Gasteiger partial charge in [-0.2, -0.15) is 0 Å². The molecular weight excluding hydrogens is 410 g/mol. The molecule has 1 aromatic heterocycles. The zero-order chi connectivity index (χ0) is 22.0. The SMILES string of the molecule is Cc1ccc(S(=O)(=O)N(C[C@H](O)Cn2cnc3ccccc32)c2cccc(C)c2)cc1. The van der Waals surface area contributed by atoms with Crippen LogP contribution in [0.5, 0.6) is 0 Å². The van der Waals surface area contributed by atoms with E-state index in [0.717, 1.165) is 22.2 Å². The Bertz CT molecular complexity index is 1300. The van der Waals surface area contributed by atoms with Crippen molar-refractivity contribution in [3.8, 4) is 0 Å². The fourth-order valence-corrected chi connectivity index (χ4v) is 5.09. The molecule has 0 radical (unpaired) electrons. The number of nitrogens with zero attached hydrogens (tertiary/aromatic N) is 3. The van der Waals surface area contributed by atoms with Gasteiger partial charge in [0.05, 0.1) is 47.1 Å². The van der Waals surface area contributed by atoms with E-state index in [1.54, 1.807) is 36.7 Å². The molecule has 0 aliphatic carbocycles. The van der Waals surface area contributed by atoms with E-state index in [0.29, 0.717) is 5.69 Å². The van der Waals surface area contributed by atoms with Crippen LogP contribution in [0.2, 0.25) is 0 Å². The number of aryl methyl sites for hydroxylation is 2. The number of benzene rings is 3. The van der Waals surface area contributed by atoms with E-state index in [2.05, 4.69) is 4.98 Å². The predicted molar refractivity (Wildman–Crippen MR) is 123 cm³/mol. The van der Waals surface area contributed by atoms with Crippen LogP contribution in [0, 0.1) is 13.8 Å². The fraction of sp³-hybridized carbons (Fsp3) is 0.208. The van der Waals surface area contributed by atoms with Gasteiger partial charge in [-0.05, 0) is 55.8 Å². The highest BCUT2D eigenvalue weighted by atomic mass is 32.2. The number of hydrogen-bond donors (Lipinski definition) is 1. The molecule has 4 aromatic rings. The highest BCUT2D eigenvalue weighted by Gasteiger charge is 2.27.